The van der Waals surface area contributed by atoms with E-state index in [-0.39, 0.29) is 5.75 Å². The lowest BCUT2D eigenvalue weighted by Gasteiger charge is -2.07. The van der Waals surface area contributed by atoms with Crippen LogP contribution in [-0.4, -0.2) is 12.3 Å². The van der Waals surface area contributed by atoms with Gasteiger partial charge in [0.05, 0.1) is 11.1 Å². The Kier molecular flexibility index (Phi) is 4.12. The van der Waals surface area contributed by atoms with Gasteiger partial charge in [-0.2, -0.15) is 0 Å². The fraction of sp³-hybridized carbons (Fsp3) is 0.0667. The molecular formula is C15H11BrO3. The zero-order valence-corrected chi connectivity index (χ0v) is 11.8. The van der Waals surface area contributed by atoms with Crippen molar-refractivity contribution in [2.75, 3.05) is 0 Å². The average molecular weight is 319 g/mol. The molecule has 0 heterocycles. The summed E-state index contributed by atoms with van der Waals surface area (Å²) in [5.74, 6) is -0.228. The molecule has 0 aromatic heterocycles. The Balaban J connectivity index is 2.25. The third-order valence-corrected chi connectivity index (χ3v) is 3.51. The Morgan fingerprint density at radius 2 is 1.95 bits per heavy atom. The molecule has 0 aliphatic rings. The number of halogens is 1. The molecule has 0 radical (unpaired) electrons. The van der Waals surface area contributed by atoms with Crippen LogP contribution in [0.5, 0.6) is 5.75 Å². The van der Waals surface area contributed by atoms with E-state index in [0.29, 0.717) is 17.4 Å². The molecule has 96 valence electrons. The number of carbonyl (C=O) groups is 2. The first-order valence-electron chi connectivity index (χ1n) is 5.64. The van der Waals surface area contributed by atoms with Crippen LogP contribution in [0.3, 0.4) is 0 Å². The minimum Gasteiger partial charge on any atom is -0.422 e. The van der Waals surface area contributed by atoms with Crippen LogP contribution < -0.4 is 4.74 Å². The normalized spacial score (nSPS) is 10.0. The largest absolute Gasteiger partial charge is 0.422 e. The van der Waals surface area contributed by atoms with Crippen molar-refractivity contribution < 1.29 is 14.3 Å². The van der Waals surface area contributed by atoms with Gasteiger partial charge in [-0.3, -0.25) is 4.79 Å². The van der Waals surface area contributed by atoms with Crippen molar-refractivity contribution in [2.24, 2.45) is 0 Å². The van der Waals surface area contributed by atoms with E-state index >= 15 is 0 Å². The highest BCUT2D eigenvalue weighted by Crippen LogP contribution is 2.21. The third kappa shape index (κ3) is 3.09. The lowest BCUT2D eigenvalue weighted by molar-refractivity contribution is 0.0733. The molecule has 19 heavy (non-hydrogen) atoms. The van der Waals surface area contributed by atoms with Crippen LogP contribution in [0, 0.1) is 6.92 Å². The van der Waals surface area contributed by atoms with Crippen molar-refractivity contribution in [3.63, 3.8) is 0 Å². The highest BCUT2D eigenvalue weighted by Gasteiger charge is 2.12. The second kappa shape index (κ2) is 5.80. The molecule has 0 N–H and O–H groups in total. The van der Waals surface area contributed by atoms with E-state index in [0.717, 1.165) is 10.0 Å². The number of ether oxygens (including phenoxy) is 1. The van der Waals surface area contributed by atoms with E-state index < -0.39 is 5.97 Å². The number of para-hydroxylation sites is 1. The molecule has 2 aromatic rings. The SMILES string of the molecule is Cc1ccc(C(=O)Oc2ccccc2C=O)cc1Br. The van der Waals surface area contributed by atoms with Gasteiger partial charge < -0.3 is 4.74 Å². The van der Waals surface area contributed by atoms with Crippen molar-refractivity contribution in [2.45, 2.75) is 6.92 Å². The minimum atomic E-state index is -0.491. The summed E-state index contributed by atoms with van der Waals surface area (Å²) < 4.78 is 6.06. The fourth-order valence-electron chi connectivity index (χ4n) is 1.55. The molecule has 0 aliphatic carbocycles. The van der Waals surface area contributed by atoms with Crippen molar-refractivity contribution in [3.05, 3.63) is 63.6 Å². The number of aldehydes is 1. The Morgan fingerprint density at radius 1 is 1.21 bits per heavy atom. The fourth-order valence-corrected chi connectivity index (χ4v) is 1.93. The molecule has 0 unspecified atom stereocenters. The maximum atomic E-state index is 12.0. The van der Waals surface area contributed by atoms with E-state index in [4.69, 9.17) is 4.74 Å². The quantitative estimate of drug-likeness (QED) is 0.491. The van der Waals surface area contributed by atoms with Gasteiger partial charge in [-0.1, -0.05) is 34.1 Å². The number of esters is 1. The summed E-state index contributed by atoms with van der Waals surface area (Å²) in [6, 6.07) is 11.8. The van der Waals surface area contributed by atoms with E-state index in [9.17, 15) is 9.59 Å². The molecule has 0 amide bonds. The Labute approximate surface area is 119 Å². The van der Waals surface area contributed by atoms with E-state index in [1.54, 1.807) is 36.4 Å². The first-order valence-corrected chi connectivity index (χ1v) is 6.43. The number of aryl methyl sites for hydroxylation is 1. The van der Waals surface area contributed by atoms with Crippen LogP contribution >= 0.6 is 15.9 Å². The van der Waals surface area contributed by atoms with Crippen molar-refractivity contribution in [1.82, 2.24) is 0 Å². The molecule has 0 saturated heterocycles. The Bertz CT molecular complexity index is 635. The second-order valence-corrected chi connectivity index (χ2v) is 4.86. The second-order valence-electron chi connectivity index (χ2n) is 4.01. The van der Waals surface area contributed by atoms with E-state index in [2.05, 4.69) is 15.9 Å². The van der Waals surface area contributed by atoms with Crippen LogP contribution in [0.25, 0.3) is 0 Å². The number of rotatable bonds is 3. The summed E-state index contributed by atoms with van der Waals surface area (Å²) in [5, 5.41) is 0. The molecule has 3 nitrogen and oxygen atoms in total. The van der Waals surface area contributed by atoms with E-state index in [1.165, 1.54) is 0 Å². The standard InChI is InChI=1S/C15H11BrO3/c1-10-6-7-11(8-13(10)16)15(18)19-14-5-3-2-4-12(14)9-17/h2-9H,1H3. The van der Waals surface area contributed by atoms with E-state index in [1.807, 2.05) is 13.0 Å². The topological polar surface area (TPSA) is 43.4 Å². The maximum absolute atomic E-state index is 12.0. The zero-order chi connectivity index (χ0) is 13.8. The molecule has 0 spiro atoms. The predicted molar refractivity (Wildman–Crippen MR) is 75.7 cm³/mol. The Morgan fingerprint density at radius 3 is 2.63 bits per heavy atom. The van der Waals surface area contributed by atoms with Gasteiger partial charge in [-0.15, -0.1) is 0 Å². The zero-order valence-electron chi connectivity index (χ0n) is 10.2. The van der Waals surface area contributed by atoms with Gasteiger partial charge in [0.15, 0.2) is 6.29 Å². The molecular weight excluding hydrogens is 308 g/mol. The molecule has 0 aliphatic heterocycles. The molecule has 0 bridgehead atoms. The van der Waals surface area contributed by atoms with Crippen LogP contribution in [0.4, 0.5) is 0 Å². The third-order valence-electron chi connectivity index (χ3n) is 2.66. The van der Waals surface area contributed by atoms with Gasteiger partial charge >= 0.3 is 5.97 Å². The molecule has 2 rings (SSSR count). The monoisotopic (exact) mass is 318 g/mol. The highest BCUT2D eigenvalue weighted by atomic mass is 79.9. The summed E-state index contributed by atoms with van der Waals surface area (Å²) in [5.41, 5.74) is 1.81. The van der Waals surface area contributed by atoms with Gasteiger partial charge in [0.25, 0.3) is 0 Å². The first kappa shape index (κ1) is 13.5. The van der Waals surface area contributed by atoms with Gasteiger partial charge in [0.1, 0.15) is 5.75 Å². The number of benzene rings is 2. The molecule has 0 fully saturated rings. The average Bonchev–Trinajstić information content (AvgIpc) is 2.42. The van der Waals surface area contributed by atoms with Crippen molar-refractivity contribution >= 4 is 28.2 Å². The number of hydrogen-bond donors (Lipinski definition) is 0. The van der Waals surface area contributed by atoms with Gasteiger partial charge in [0, 0.05) is 4.47 Å². The molecule has 0 saturated carbocycles. The van der Waals surface area contributed by atoms with Crippen LogP contribution in [-0.2, 0) is 0 Å². The van der Waals surface area contributed by atoms with Gasteiger partial charge in [0.2, 0.25) is 0 Å². The smallest absolute Gasteiger partial charge is 0.343 e. The summed E-state index contributed by atoms with van der Waals surface area (Å²) in [6.45, 7) is 1.93. The Hall–Kier alpha value is -1.94. The predicted octanol–water partition coefficient (Wildman–Crippen LogP) is 3.79. The summed E-state index contributed by atoms with van der Waals surface area (Å²) >= 11 is 3.36. The highest BCUT2D eigenvalue weighted by molar-refractivity contribution is 9.10. The lowest BCUT2D eigenvalue weighted by Crippen LogP contribution is -2.09. The number of hydrogen-bond acceptors (Lipinski definition) is 3. The van der Waals surface area contributed by atoms with Crippen LogP contribution in [0.15, 0.2) is 46.9 Å². The van der Waals surface area contributed by atoms with Crippen molar-refractivity contribution in [1.29, 1.82) is 0 Å². The summed E-state index contributed by atoms with van der Waals surface area (Å²) in [6.07, 6.45) is 0.660. The maximum Gasteiger partial charge on any atom is 0.343 e. The van der Waals surface area contributed by atoms with Gasteiger partial charge in [-0.05, 0) is 36.8 Å². The number of carbonyl (C=O) groups excluding carboxylic acids is 2. The van der Waals surface area contributed by atoms with Crippen molar-refractivity contribution in [3.8, 4) is 5.75 Å². The minimum absolute atomic E-state index is 0.263. The lowest BCUT2D eigenvalue weighted by atomic mass is 10.1. The van der Waals surface area contributed by atoms with Crippen LogP contribution in [0.1, 0.15) is 26.3 Å². The molecule has 0 atom stereocenters. The summed E-state index contributed by atoms with van der Waals surface area (Å²) in [7, 11) is 0. The summed E-state index contributed by atoms with van der Waals surface area (Å²) in [4.78, 5) is 22.8. The molecule has 4 heteroatoms. The van der Waals surface area contributed by atoms with Crippen LogP contribution in [0.2, 0.25) is 0 Å². The molecule has 2 aromatic carbocycles. The van der Waals surface area contributed by atoms with Gasteiger partial charge in [-0.25, -0.2) is 4.79 Å². The first-order chi connectivity index (χ1) is 9.11.